The highest BCUT2D eigenvalue weighted by molar-refractivity contribution is 5.41. The predicted molar refractivity (Wildman–Crippen MR) is 93.4 cm³/mol. The van der Waals surface area contributed by atoms with Gasteiger partial charge in [-0.25, -0.2) is 9.97 Å². The van der Waals surface area contributed by atoms with E-state index in [1.165, 1.54) is 5.56 Å². The van der Waals surface area contributed by atoms with E-state index in [9.17, 15) is 10.1 Å². The maximum absolute atomic E-state index is 11.0. The van der Waals surface area contributed by atoms with Crippen LogP contribution in [0.1, 0.15) is 28.2 Å². The zero-order valence-electron chi connectivity index (χ0n) is 14.3. The van der Waals surface area contributed by atoms with Gasteiger partial charge in [-0.15, -0.1) is 0 Å². The Kier molecular flexibility index (Phi) is 3.73. The maximum atomic E-state index is 11.0. The minimum atomic E-state index is -0.332. The van der Waals surface area contributed by atoms with E-state index in [0.717, 1.165) is 47.9 Å². The van der Waals surface area contributed by atoms with E-state index in [-0.39, 0.29) is 10.6 Å². The molecule has 0 aliphatic carbocycles. The van der Waals surface area contributed by atoms with Gasteiger partial charge in [-0.05, 0) is 37.5 Å². The fraction of sp³-hybridized carbons (Fsp3) is 0.333. The van der Waals surface area contributed by atoms with Crippen molar-refractivity contribution in [3.8, 4) is 0 Å². The summed E-state index contributed by atoms with van der Waals surface area (Å²) in [5.41, 5.74) is 5.57. The molecule has 0 saturated heterocycles. The normalized spacial score (nSPS) is 14.6. The molecule has 0 unspecified atom stereocenters. The molecule has 0 bridgehead atoms. The van der Waals surface area contributed by atoms with Crippen molar-refractivity contribution in [3.63, 3.8) is 0 Å². The van der Waals surface area contributed by atoms with Crippen LogP contribution in [-0.2, 0) is 19.5 Å². The molecule has 0 N–H and O–H groups in total. The second-order valence-corrected chi connectivity index (χ2v) is 6.59. The number of non-ortho nitro benzene ring substituents is 1. The van der Waals surface area contributed by atoms with Crippen LogP contribution < -0.4 is 0 Å². The molecule has 7 nitrogen and oxygen atoms in total. The summed E-state index contributed by atoms with van der Waals surface area (Å²) in [6, 6.07) is 7.23. The van der Waals surface area contributed by atoms with Crippen molar-refractivity contribution in [2.75, 3.05) is 6.54 Å². The Labute approximate surface area is 145 Å². The average Bonchev–Trinajstić information content (AvgIpc) is 2.97. The third kappa shape index (κ3) is 2.87. The van der Waals surface area contributed by atoms with Crippen molar-refractivity contribution in [3.05, 3.63) is 68.8 Å². The first-order valence-electron chi connectivity index (χ1n) is 8.30. The van der Waals surface area contributed by atoms with Crippen LogP contribution in [0.15, 0.2) is 30.5 Å². The lowest BCUT2D eigenvalue weighted by Crippen LogP contribution is -2.30. The lowest BCUT2D eigenvalue weighted by Gasteiger charge is -2.28. The Morgan fingerprint density at radius 3 is 2.88 bits per heavy atom. The summed E-state index contributed by atoms with van der Waals surface area (Å²) in [6.07, 6.45) is 2.78. The number of aromatic nitrogens is 3. The molecule has 7 heteroatoms. The van der Waals surface area contributed by atoms with Crippen molar-refractivity contribution in [1.82, 2.24) is 19.3 Å². The van der Waals surface area contributed by atoms with Crippen LogP contribution in [-0.4, -0.2) is 30.7 Å². The molecule has 0 atom stereocenters. The number of aryl methyl sites for hydroxylation is 2. The van der Waals surface area contributed by atoms with E-state index in [1.54, 1.807) is 12.1 Å². The van der Waals surface area contributed by atoms with Crippen molar-refractivity contribution in [2.24, 2.45) is 0 Å². The molecule has 1 aliphatic heterocycles. The van der Waals surface area contributed by atoms with Crippen LogP contribution in [0.5, 0.6) is 0 Å². The number of hydrogen-bond acceptors (Lipinski definition) is 5. The summed E-state index contributed by atoms with van der Waals surface area (Å²) < 4.78 is 2.08. The molecule has 1 aliphatic rings. The molecule has 1 aromatic carbocycles. The Morgan fingerprint density at radius 2 is 2.08 bits per heavy atom. The molecule has 3 aromatic rings. The molecule has 25 heavy (non-hydrogen) atoms. The van der Waals surface area contributed by atoms with Gasteiger partial charge >= 0.3 is 0 Å². The summed E-state index contributed by atoms with van der Waals surface area (Å²) in [4.78, 5) is 21.9. The van der Waals surface area contributed by atoms with Gasteiger partial charge in [-0.2, -0.15) is 0 Å². The summed E-state index contributed by atoms with van der Waals surface area (Å²) in [5, 5.41) is 11.0. The third-order valence-corrected chi connectivity index (χ3v) is 4.74. The predicted octanol–water partition coefficient (Wildman–Crippen LogP) is 2.81. The van der Waals surface area contributed by atoms with Gasteiger partial charge in [0, 0.05) is 43.2 Å². The number of nitro groups is 1. The highest BCUT2D eigenvalue weighted by Crippen LogP contribution is 2.25. The van der Waals surface area contributed by atoms with E-state index in [4.69, 9.17) is 0 Å². The topological polar surface area (TPSA) is 76.6 Å². The van der Waals surface area contributed by atoms with Gasteiger partial charge in [0.15, 0.2) is 0 Å². The Hall–Kier alpha value is -2.80. The lowest BCUT2D eigenvalue weighted by molar-refractivity contribution is -0.385. The molecule has 0 fully saturated rings. The summed E-state index contributed by atoms with van der Waals surface area (Å²) >= 11 is 0. The molecular weight excluding hydrogens is 318 g/mol. The minimum absolute atomic E-state index is 0.158. The highest BCUT2D eigenvalue weighted by atomic mass is 16.6. The molecule has 4 rings (SSSR count). The Balaban J connectivity index is 1.61. The molecule has 0 spiro atoms. The van der Waals surface area contributed by atoms with Crippen LogP contribution in [0.25, 0.3) is 5.78 Å². The van der Waals surface area contributed by atoms with Gasteiger partial charge in [-0.3, -0.25) is 19.4 Å². The Bertz CT molecular complexity index is 979. The smallest absolute Gasteiger partial charge is 0.269 e. The summed E-state index contributed by atoms with van der Waals surface area (Å²) in [6.45, 7) is 6.41. The molecular formula is C18H19N5O2. The lowest BCUT2D eigenvalue weighted by atomic mass is 9.99. The average molecular weight is 337 g/mol. The SMILES string of the molecule is Cc1cc(C)n2c(CN3CCc4ccc([N+](=O)[O-])cc4C3)cnc2n1. The van der Waals surface area contributed by atoms with Crippen LogP contribution in [0.4, 0.5) is 5.69 Å². The van der Waals surface area contributed by atoms with Gasteiger partial charge in [-0.1, -0.05) is 6.07 Å². The second kappa shape index (κ2) is 5.93. The van der Waals surface area contributed by atoms with Crippen LogP contribution in [0, 0.1) is 24.0 Å². The van der Waals surface area contributed by atoms with Gasteiger partial charge in [0.05, 0.1) is 16.8 Å². The quantitative estimate of drug-likeness (QED) is 0.542. The second-order valence-electron chi connectivity index (χ2n) is 6.59. The zero-order valence-corrected chi connectivity index (χ0v) is 14.3. The summed E-state index contributed by atoms with van der Waals surface area (Å²) in [5.74, 6) is 0.723. The van der Waals surface area contributed by atoms with Crippen molar-refractivity contribution >= 4 is 11.5 Å². The van der Waals surface area contributed by atoms with E-state index in [2.05, 4.69) is 26.2 Å². The first-order chi connectivity index (χ1) is 12.0. The first kappa shape index (κ1) is 15.7. The minimum Gasteiger partial charge on any atom is -0.293 e. The van der Waals surface area contributed by atoms with E-state index >= 15 is 0 Å². The van der Waals surface area contributed by atoms with Crippen molar-refractivity contribution in [2.45, 2.75) is 33.4 Å². The number of imidazole rings is 1. The molecule has 0 radical (unpaired) electrons. The number of benzene rings is 1. The number of hydrogen-bond donors (Lipinski definition) is 0. The molecule has 0 amide bonds. The maximum Gasteiger partial charge on any atom is 0.269 e. The van der Waals surface area contributed by atoms with Crippen LogP contribution >= 0.6 is 0 Å². The van der Waals surface area contributed by atoms with Crippen LogP contribution in [0.3, 0.4) is 0 Å². The first-order valence-corrected chi connectivity index (χ1v) is 8.30. The number of fused-ring (bicyclic) bond motifs is 2. The monoisotopic (exact) mass is 337 g/mol. The molecule has 0 saturated carbocycles. The Morgan fingerprint density at radius 1 is 1.24 bits per heavy atom. The summed E-state index contributed by atoms with van der Waals surface area (Å²) in [7, 11) is 0. The van der Waals surface area contributed by atoms with Gasteiger partial charge in [0.25, 0.3) is 5.69 Å². The number of nitro benzene ring substituents is 1. The molecule has 128 valence electrons. The van der Waals surface area contributed by atoms with E-state index < -0.39 is 0 Å². The highest BCUT2D eigenvalue weighted by Gasteiger charge is 2.20. The fourth-order valence-corrected chi connectivity index (χ4v) is 3.59. The van der Waals surface area contributed by atoms with Gasteiger partial charge in [0.2, 0.25) is 5.78 Å². The van der Waals surface area contributed by atoms with E-state index in [1.807, 2.05) is 25.3 Å². The van der Waals surface area contributed by atoms with Crippen LogP contribution in [0.2, 0.25) is 0 Å². The number of rotatable bonds is 3. The van der Waals surface area contributed by atoms with Crippen molar-refractivity contribution < 1.29 is 4.92 Å². The molecule has 2 aromatic heterocycles. The van der Waals surface area contributed by atoms with Gasteiger partial charge in [0.1, 0.15) is 0 Å². The molecule has 3 heterocycles. The van der Waals surface area contributed by atoms with E-state index in [0.29, 0.717) is 6.54 Å². The van der Waals surface area contributed by atoms with Gasteiger partial charge < -0.3 is 0 Å². The third-order valence-electron chi connectivity index (χ3n) is 4.74. The zero-order chi connectivity index (χ0) is 17.6. The number of nitrogens with zero attached hydrogens (tertiary/aromatic N) is 5. The largest absolute Gasteiger partial charge is 0.293 e. The standard InChI is InChI=1S/C18H19N5O2/c1-12-7-13(2)22-17(9-19-18(22)20-12)11-21-6-5-14-3-4-16(23(24)25)8-15(14)10-21/h3-4,7-9H,5-6,10-11H2,1-2H3. The van der Waals surface area contributed by atoms with Crippen molar-refractivity contribution in [1.29, 1.82) is 0 Å². The fourth-order valence-electron chi connectivity index (χ4n) is 3.59.